The van der Waals surface area contributed by atoms with Gasteiger partial charge in [0.15, 0.2) is 0 Å². The smallest absolute Gasteiger partial charge is 0.146 e. The topological polar surface area (TPSA) is 34.1 Å². The molecule has 4 heteroatoms. The van der Waals surface area contributed by atoms with Gasteiger partial charge in [0.2, 0.25) is 0 Å². The van der Waals surface area contributed by atoms with Gasteiger partial charge in [0.1, 0.15) is 22.4 Å². The molecule has 1 N–H and O–H groups in total. The molecule has 1 saturated heterocycles. The van der Waals surface area contributed by atoms with E-state index in [-0.39, 0.29) is 6.10 Å². The van der Waals surface area contributed by atoms with E-state index >= 15 is 0 Å². The summed E-state index contributed by atoms with van der Waals surface area (Å²) in [6, 6.07) is 16.5. The standard InChI is InChI=1S/C17H16N2OS/c1-2-5-12(6-3-1)17-19-16-14(7-4-8-15(16)21-17)20-13-9-10-18-11-13/h1-8,13,18H,9-11H2. The number of ether oxygens (including phenoxy) is 1. The maximum Gasteiger partial charge on any atom is 0.146 e. The largest absolute Gasteiger partial charge is 0.487 e. The summed E-state index contributed by atoms with van der Waals surface area (Å²) >= 11 is 1.72. The van der Waals surface area contributed by atoms with Crippen LogP contribution < -0.4 is 10.1 Å². The van der Waals surface area contributed by atoms with Crippen LogP contribution in [0.1, 0.15) is 6.42 Å². The fraction of sp³-hybridized carbons (Fsp3) is 0.235. The second-order valence-corrected chi connectivity index (χ2v) is 6.25. The fourth-order valence-electron chi connectivity index (χ4n) is 2.63. The van der Waals surface area contributed by atoms with Gasteiger partial charge >= 0.3 is 0 Å². The van der Waals surface area contributed by atoms with E-state index in [2.05, 4.69) is 23.5 Å². The highest BCUT2D eigenvalue weighted by Crippen LogP contribution is 2.35. The van der Waals surface area contributed by atoms with Gasteiger partial charge in [-0.25, -0.2) is 4.98 Å². The Hall–Kier alpha value is -1.91. The van der Waals surface area contributed by atoms with Crippen molar-refractivity contribution in [2.24, 2.45) is 0 Å². The second kappa shape index (κ2) is 5.47. The van der Waals surface area contributed by atoms with Crippen LogP contribution in [0.2, 0.25) is 0 Å². The normalized spacial score (nSPS) is 18.2. The van der Waals surface area contributed by atoms with Crippen molar-refractivity contribution in [3.63, 3.8) is 0 Å². The molecule has 0 saturated carbocycles. The number of rotatable bonds is 3. The lowest BCUT2D eigenvalue weighted by Crippen LogP contribution is -2.19. The Morgan fingerprint density at radius 3 is 2.81 bits per heavy atom. The molecule has 106 valence electrons. The Morgan fingerprint density at radius 2 is 2.00 bits per heavy atom. The molecule has 1 atom stereocenters. The van der Waals surface area contributed by atoms with Crippen molar-refractivity contribution in [2.45, 2.75) is 12.5 Å². The zero-order valence-corrected chi connectivity index (χ0v) is 12.4. The summed E-state index contributed by atoms with van der Waals surface area (Å²) in [5.41, 5.74) is 2.14. The molecule has 0 radical (unpaired) electrons. The highest BCUT2D eigenvalue weighted by molar-refractivity contribution is 7.21. The lowest BCUT2D eigenvalue weighted by atomic mass is 10.2. The molecule has 1 unspecified atom stereocenters. The SMILES string of the molecule is c1ccc(-c2nc3c(OC4CCNC4)cccc3s2)cc1. The molecule has 1 aliphatic heterocycles. The summed E-state index contributed by atoms with van der Waals surface area (Å²) < 4.78 is 7.30. The molecule has 1 aromatic heterocycles. The van der Waals surface area contributed by atoms with Crippen molar-refractivity contribution >= 4 is 21.6 Å². The molecule has 2 aromatic carbocycles. The number of hydrogen-bond acceptors (Lipinski definition) is 4. The highest BCUT2D eigenvalue weighted by Gasteiger charge is 2.18. The van der Waals surface area contributed by atoms with E-state index in [0.29, 0.717) is 0 Å². The zero-order valence-electron chi connectivity index (χ0n) is 11.6. The summed E-state index contributed by atoms with van der Waals surface area (Å²) in [5.74, 6) is 0.902. The number of hydrogen-bond donors (Lipinski definition) is 1. The average molecular weight is 296 g/mol. The molecule has 4 rings (SSSR count). The quantitative estimate of drug-likeness (QED) is 0.800. The van der Waals surface area contributed by atoms with Gasteiger partial charge in [0.25, 0.3) is 0 Å². The number of nitrogens with one attached hydrogen (secondary N) is 1. The third-order valence-electron chi connectivity index (χ3n) is 3.71. The van der Waals surface area contributed by atoms with Crippen LogP contribution in [-0.4, -0.2) is 24.2 Å². The molecular weight excluding hydrogens is 280 g/mol. The Bertz CT molecular complexity index is 748. The van der Waals surface area contributed by atoms with Crippen molar-refractivity contribution in [3.8, 4) is 16.3 Å². The first-order valence-electron chi connectivity index (χ1n) is 7.22. The van der Waals surface area contributed by atoms with Gasteiger partial charge < -0.3 is 10.1 Å². The Balaban J connectivity index is 1.73. The van der Waals surface area contributed by atoms with Crippen molar-refractivity contribution in [2.75, 3.05) is 13.1 Å². The summed E-state index contributed by atoms with van der Waals surface area (Å²) in [5, 5.41) is 4.38. The van der Waals surface area contributed by atoms with Gasteiger partial charge in [0.05, 0.1) is 4.70 Å². The van der Waals surface area contributed by atoms with Crippen molar-refractivity contribution < 1.29 is 4.74 Å². The molecule has 0 bridgehead atoms. The van der Waals surface area contributed by atoms with Crippen molar-refractivity contribution in [3.05, 3.63) is 48.5 Å². The van der Waals surface area contributed by atoms with Gasteiger partial charge in [-0.2, -0.15) is 0 Å². The number of nitrogens with zero attached hydrogens (tertiary/aromatic N) is 1. The van der Waals surface area contributed by atoms with Gasteiger partial charge in [-0.3, -0.25) is 0 Å². The molecule has 1 aliphatic rings. The first-order valence-corrected chi connectivity index (χ1v) is 8.04. The van der Waals surface area contributed by atoms with E-state index in [1.807, 2.05) is 30.3 Å². The molecule has 0 amide bonds. The molecule has 3 aromatic rings. The van der Waals surface area contributed by atoms with Crippen LogP contribution in [0.25, 0.3) is 20.8 Å². The van der Waals surface area contributed by atoms with Gasteiger partial charge in [-0.1, -0.05) is 36.4 Å². The molecule has 1 fully saturated rings. The minimum Gasteiger partial charge on any atom is -0.487 e. The lowest BCUT2D eigenvalue weighted by molar-refractivity contribution is 0.225. The van der Waals surface area contributed by atoms with Gasteiger partial charge in [-0.05, 0) is 25.1 Å². The van der Waals surface area contributed by atoms with E-state index in [0.717, 1.165) is 41.3 Å². The van der Waals surface area contributed by atoms with Crippen LogP contribution in [0.5, 0.6) is 5.75 Å². The van der Waals surface area contributed by atoms with Gasteiger partial charge in [0, 0.05) is 12.1 Å². The van der Waals surface area contributed by atoms with Crippen LogP contribution in [0.15, 0.2) is 48.5 Å². The van der Waals surface area contributed by atoms with Crippen molar-refractivity contribution in [1.82, 2.24) is 10.3 Å². The third-order valence-corrected chi connectivity index (χ3v) is 4.78. The van der Waals surface area contributed by atoms with E-state index in [9.17, 15) is 0 Å². The van der Waals surface area contributed by atoms with Crippen LogP contribution >= 0.6 is 11.3 Å². The second-order valence-electron chi connectivity index (χ2n) is 5.22. The molecule has 21 heavy (non-hydrogen) atoms. The summed E-state index contributed by atoms with van der Waals surface area (Å²) in [4.78, 5) is 4.80. The van der Waals surface area contributed by atoms with E-state index in [1.165, 1.54) is 4.70 Å². The number of benzene rings is 2. The zero-order chi connectivity index (χ0) is 14.1. The van der Waals surface area contributed by atoms with E-state index in [1.54, 1.807) is 11.3 Å². The first kappa shape index (κ1) is 12.8. The minimum absolute atomic E-state index is 0.262. The van der Waals surface area contributed by atoms with Crippen LogP contribution in [-0.2, 0) is 0 Å². The number of para-hydroxylation sites is 1. The van der Waals surface area contributed by atoms with Crippen LogP contribution in [0, 0.1) is 0 Å². The predicted octanol–water partition coefficient (Wildman–Crippen LogP) is 3.70. The number of aromatic nitrogens is 1. The summed E-state index contributed by atoms with van der Waals surface area (Å²) in [7, 11) is 0. The summed E-state index contributed by atoms with van der Waals surface area (Å²) in [6.07, 6.45) is 1.32. The Labute approximate surface area is 127 Å². The average Bonchev–Trinajstić information content (AvgIpc) is 3.17. The third kappa shape index (κ3) is 2.52. The Morgan fingerprint density at radius 1 is 1.10 bits per heavy atom. The maximum absolute atomic E-state index is 6.12. The Kier molecular flexibility index (Phi) is 3.33. The number of fused-ring (bicyclic) bond motifs is 1. The van der Waals surface area contributed by atoms with Gasteiger partial charge in [-0.15, -0.1) is 11.3 Å². The molecule has 0 aliphatic carbocycles. The van der Waals surface area contributed by atoms with Crippen LogP contribution in [0.3, 0.4) is 0 Å². The maximum atomic E-state index is 6.12. The molecule has 3 nitrogen and oxygen atoms in total. The fourth-order valence-corrected chi connectivity index (χ4v) is 3.62. The molecular formula is C17H16N2OS. The lowest BCUT2D eigenvalue weighted by Gasteiger charge is -2.12. The van der Waals surface area contributed by atoms with Crippen LogP contribution in [0.4, 0.5) is 0 Å². The summed E-state index contributed by atoms with van der Waals surface area (Å²) in [6.45, 7) is 1.96. The minimum atomic E-state index is 0.262. The highest BCUT2D eigenvalue weighted by atomic mass is 32.1. The first-order chi connectivity index (χ1) is 10.4. The number of thiazole rings is 1. The van der Waals surface area contributed by atoms with E-state index in [4.69, 9.17) is 9.72 Å². The van der Waals surface area contributed by atoms with E-state index < -0.39 is 0 Å². The molecule has 2 heterocycles. The van der Waals surface area contributed by atoms with Crippen molar-refractivity contribution in [1.29, 1.82) is 0 Å². The monoisotopic (exact) mass is 296 g/mol. The molecule has 0 spiro atoms. The predicted molar refractivity (Wildman–Crippen MR) is 87.0 cm³/mol.